The van der Waals surface area contributed by atoms with Crippen LogP contribution in [0.2, 0.25) is 0 Å². The van der Waals surface area contributed by atoms with Crippen LogP contribution in [0.4, 0.5) is 11.4 Å². The van der Waals surface area contributed by atoms with Gasteiger partial charge in [0.1, 0.15) is 11.4 Å². The number of benzene rings is 2. The van der Waals surface area contributed by atoms with E-state index in [1.54, 1.807) is 28.0 Å². The summed E-state index contributed by atoms with van der Waals surface area (Å²) < 4.78 is 0. The number of nitrogens with zero attached hydrogens (tertiary/aromatic N) is 3. The molecule has 0 aliphatic heterocycles. The van der Waals surface area contributed by atoms with Crippen LogP contribution in [0.15, 0.2) is 66.7 Å². The van der Waals surface area contributed by atoms with Crippen molar-refractivity contribution in [2.45, 2.75) is 79.1 Å². The van der Waals surface area contributed by atoms with Gasteiger partial charge < -0.3 is 9.80 Å². The molecular formula is C33H43N3O2. The minimum absolute atomic E-state index is 0.190. The number of aromatic nitrogens is 1. The van der Waals surface area contributed by atoms with Crippen LogP contribution >= 0.6 is 0 Å². The summed E-state index contributed by atoms with van der Waals surface area (Å²) in [6.45, 7) is 9.65. The molecule has 0 saturated carbocycles. The molecular weight excluding hydrogens is 470 g/mol. The Hall–Kier alpha value is -3.47. The Morgan fingerprint density at radius 2 is 0.974 bits per heavy atom. The van der Waals surface area contributed by atoms with Crippen LogP contribution in [-0.2, 0) is 12.8 Å². The van der Waals surface area contributed by atoms with Gasteiger partial charge in [-0.3, -0.25) is 9.59 Å². The molecule has 2 aromatic carbocycles. The van der Waals surface area contributed by atoms with Gasteiger partial charge in [0.05, 0.1) is 0 Å². The Balaban J connectivity index is 1.83. The molecule has 3 rings (SSSR count). The van der Waals surface area contributed by atoms with Gasteiger partial charge in [-0.1, -0.05) is 70.9 Å². The molecule has 0 fully saturated rings. The molecule has 5 nitrogen and oxygen atoms in total. The van der Waals surface area contributed by atoms with Crippen LogP contribution in [0.1, 0.15) is 98.3 Å². The molecule has 0 N–H and O–H groups in total. The Bertz CT molecular complexity index is 1070. The van der Waals surface area contributed by atoms with E-state index in [1.807, 2.05) is 24.3 Å². The molecule has 38 heavy (non-hydrogen) atoms. The molecule has 0 aliphatic carbocycles. The van der Waals surface area contributed by atoms with E-state index in [1.165, 1.54) is 11.1 Å². The predicted octanol–water partition coefficient (Wildman–Crippen LogP) is 7.88. The second-order valence-electron chi connectivity index (χ2n) is 9.86. The fourth-order valence-corrected chi connectivity index (χ4v) is 4.54. The van der Waals surface area contributed by atoms with Gasteiger partial charge >= 0.3 is 0 Å². The molecule has 0 radical (unpaired) electrons. The van der Waals surface area contributed by atoms with Crippen LogP contribution in [0.5, 0.6) is 0 Å². The number of unbranched alkanes of at least 4 members (excludes halogenated alkanes) is 2. The lowest BCUT2D eigenvalue weighted by Gasteiger charge is -2.24. The Morgan fingerprint density at radius 1 is 0.579 bits per heavy atom. The van der Waals surface area contributed by atoms with E-state index in [0.717, 1.165) is 62.7 Å². The van der Waals surface area contributed by atoms with Crippen LogP contribution in [-0.4, -0.2) is 29.9 Å². The van der Waals surface area contributed by atoms with E-state index < -0.39 is 0 Å². The fraction of sp³-hybridized carbons (Fsp3) is 0.424. The number of hydrogen-bond acceptors (Lipinski definition) is 3. The standard InChI is InChI=1S/C33H43N3O2/c1-5-9-12-26-16-20-28(21-17-26)35(24-7-3)32(37)30-14-11-15-31(34-30)33(38)36(25-8-4)29-22-18-27(19-23-29)13-10-6-2/h11,14-23H,5-10,12-13,24-25H2,1-4H3. The van der Waals surface area contributed by atoms with Crippen molar-refractivity contribution in [3.05, 3.63) is 89.2 Å². The molecule has 202 valence electrons. The van der Waals surface area contributed by atoms with Crippen molar-refractivity contribution >= 4 is 23.2 Å². The monoisotopic (exact) mass is 513 g/mol. The Kier molecular flexibility index (Phi) is 11.5. The Morgan fingerprint density at radius 3 is 1.32 bits per heavy atom. The summed E-state index contributed by atoms with van der Waals surface area (Å²) in [7, 11) is 0. The van der Waals surface area contributed by atoms with Crippen molar-refractivity contribution in [1.82, 2.24) is 4.98 Å². The third kappa shape index (κ3) is 7.77. The van der Waals surface area contributed by atoms with Gasteiger partial charge in [0, 0.05) is 24.5 Å². The largest absolute Gasteiger partial charge is 0.307 e. The number of anilines is 2. The zero-order chi connectivity index (χ0) is 27.3. The van der Waals surface area contributed by atoms with Crippen LogP contribution in [0.3, 0.4) is 0 Å². The molecule has 0 aliphatic rings. The smallest absolute Gasteiger partial charge is 0.276 e. The summed E-state index contributed by atoms with van der Waals surface area (Å²) in [5, 5.41) is 0. The minimum Gasteiger partial charge on any atom is -0.307 e. The van der Waals surface area contributed by atoms with Crippen molar-refractivity contribution in [3.8, 4) is 0 Å². The lowest BCUT2D eigenvalue weighted by Crippen LogP contribution is -2.34. The van der Waals surface area contributed by atoms with Gasteiger partial charge in [0.15, 0.2) is 0 Å². The molecule has 1 heterocycles. The molecule has 0 atom stereocenters. The SMILES string of the molecule is CCCCc1ccc(N(CCC)C(=O)c2cccc(C(=O)N(CCC)c3ccc(CCCC)cc3)n2)cc1. The lowest BCUT2D eigenvalue weighted by molar-refractivity contribution is 0.0978. The highest BCUT2D eigenvalue weighted by atomic mass is 16.2. The number of rotatable bonds is 14. The number of hydrogen-bond donors (Lipinski definition) is 0. The fourth-order valence-electron chi connectivity index (χ4n) is 4.54. The number of pyridine rings is 1. The second-order valence-corrected chi connectivity index (χ2v) is 9.86. The molecule has 5 heteroatoms. The highest BCUT2D eigenvalue weighted by Gasteiger charge is 2.23. The van der Waals surface area contributed by atoms with Crippen LogP contribution < -0.4 is 9.80 Å². The number of aryl methyl sites for hydroxylation is 2. The second kappa shape index (κ2) is 15.1. The normalized spacial score (nSPS) is 10.8. The maximum atomic E-state index is 13.6. The van der Waals surface area contributed by atoms with E-state index in [-0.39, 0.29) is 23.2 Å². The van der Waals surface area contributed by atoms with Gasteiger partial charge in [-0.05, 0) is 86.1 Å². The van der Waals surface area contributed by atoms with Gasteiger partial charge in [0.2, 0.25) is 0 Å². The quantitative estimate of drug-likeness (QED) is 0.220. The molecule has 0 unspecified atom stereocenters. The maximum absolute atomic E-state index is 13.6. The Labute approximate surface area is 228 Å². The van der Waals surface area contributed by atoms with Crippen molar-refractivity contribution in [2.75, 3.05) is 22.9 Å². The molecule has 2 amide bonds. The summed E-state index contributed by atoms with van der Waals surface area (Å²) in [5.41, 5.74) is 4.83. The summed E-state index contributed by atoms with van der Waals surface area (Å²) in [6, 6.07) is 21.6. The van der Waals surface area contributed by atoms with E-state index in [4.69, 9.17) is 0 Å². The first-order chi connectivity index (χ1) is 18.5. The van der Waals surface area contributed by atoms with Crippen LogP contribution in [0.25, 0.3) is 0 Å². The third-order valence-electron chi connectivity index (χ3n) is 6.71. The van der Waals surface area contributed by atoms with Crippen molar-refractivity contribution in [1.29, 1.82) is 0 Å². The van der Waals surface area contributed by atoms with Crippen molar-refractivity contribution in [2.24, 2.45) is 0 Å². The average molecular weight is 514 g/mol. The third-order valence-corrected chi connectivity index (χ3v) is 6.71. The van der Waals surface area contributed by atoms with E-state index in [0.29, 0.717) is 13.1 Å². The number of carbonyl (C=O) groups excluding carboxylic acids is 2. The number of carbonyl (C=O) groups is 2. The van der Waals surface area contributed by atoms with Gasteiger partial charge in [-0.2, -0.15) is 0 Å². The van der Waals surface area contributed by atoms with Crippen LogP contribution in [0, 0.1) is 0 Å². The summed E-state index contributed by atoms with van der Waals surface area (Å²) in [6.07, 6.45) is 8.34. The predicted molar refractivity (Wildman–Crippen MR) is 158 cm³/mol. The molecule has 1 aromatic heterocycles. The topological polar surface area (TPSA) is 53.5 Å². The summed E-state index contributed by atoms with van der Waals surface area (Å²) in [4.78, 5) is 35.3. The zero-order valence-corrected chi connectivity index (χ0v) is 23.6. The van der Waals surface area contributed by atoms with Crippen molar-refractivity contribution < 1.29 is 9.59 Å². The highest BCUT2D eigenvalue weighted by Crippen LogP contribution is 2.22. The van der Waals surface area contributed by atoms with E-state index in [9.17, 15) is 9.59 Å². The minimum atomic E-state index is -0.190. The first kappa shape index (κ1) is 29.1. The molecule has 0 saturated heterocycles. The first-order valence-corrected chi connectivity index (χ1v) is 14.3. The average Bonchev–Trinajstić information content (AvgIpc) is 2.96. The van der Waals surface area contributed by atoms with E-state index in [2.05, 4.69) is 56.9 Å². The van der Waals surface area contributed by atoms with Crippen molar-refractivity contribution in [3.63, 3.8) is 0 Å². The van der Waals surface area contributed by atoms with Gasteiger partial charge in [-0.25, -0.2) is 4.98 Å². The molecule has 0 spiro atoms. The molecule has 3 aromatic rings. The van der Waals surface area contributed by atoms with E-state index >= 15 is 0 Å². The summed E-state index contributed by atoms with van der Waals surface area (Å²) >= 11 is 0. The van der Waals surface area contributed by atoms with Gasteiger partial charge in [0.25, 0.3) is 11.8 Å². The number of amides is 2. The highest BCUT2D eigenvalue weighted by molar-refractivity contribution is 6.08. The van der Waals surface area contributed by atoms with Gasteiger partial charge in [-0.15, -0.1) is 0 Å². The molecule has 0 bridgehead atoms. The summed E-state index contributed by atoms with van der Waals surface area (Å²) in [5.74, 6) is -0.379. The zero-order valence-electron chi connectivity index (χ0n) is 23.6. The lowest BCUT2D eigenvalue weighted by atomic mass is 10.1. The maximum Gasteiger partial charge on any atom is 0.276 e. The first-order valence-electron chi connectivity index (χ1n) is 14.3.